The topological polar surface area (TPSA) is 117 Å². The van der Waals surface area contributed by atoms with Crippen LogP contribution in [-0.4, -0.2) is 43.8 Å². The van der Waals surface area contributed by atoms with Crippen molar-refractivity contribution in [1.82, 2.24) is 10.9 Å². The Hall–Kier alpha value is -3.12. The molecule has 2 aromatic carbocycles. The fraction of sp³-hybridized carbons (Fsp3) is 0.211. The fourth-order valence-corrected chi connectivity index (χ4v) is 5.23. The van der Waals surface area contributed by atoms with Gasteiger partial charge in [0.2, 0.25) is 0 Å². The number of carbonyl (C=O) groups is 2. The summed E-state index contributed by atoms with van der Waals surface area (Å²) in [5, 5.41) is 0.360. The summed E-state index contributed by atoms with van der Waals surface area (Å²) in [5.41, 5.74) is 5.65. The molecular formula is C19H17FN4O5S2. The third-order valence-electron chi connectivity index (χ3n) is 4.53. The van der Waals surface area contributed by atoms with Gasteiger partial charge in [0.1, 0.15) is 11.6 Å². The number of amidine groups is 1. The van der Waals surface area contributed by atoms with Crippen LogP contribution in [0.25, 0.3) is 0 Å². The molecule has 2 aromatic rings. The summed E-state index contributed by atoms with van der Waals surface area (Å²) in [7, 11) is -3.46. The lowest BCUT2D eigenvalue weighted by molar-refractivity contribution is -0.128. The molecule has 2 amide bonds. The highest BCUT2D eigenvalue weighted by Gasteiger charge is 2.33. The molecule has 0 radical (unpaired) electrons. The first kappa shape index (κ1) is 21.1. The number of benzene rings is 2. The number of carbonyl (C=O) groups excluding carboxylic acids is 2. The fourth-order valence-electron chi connectivity index (χ4n) is 2.93. The Labute approximate surface area is 181 Å². The molecule has 0 aromatic heterocycles. The van der Waals surface area contributed by atoms with Crippen molar-refractivity contribution in [3.05, 3.63) is 53.8 Å². The second kappa shape index (κ2) is 8.19. The summed E-state index contributed by atoms with van der Waals surface area (Å²) in [4.78, 5) is 27.1. The van der Waals surface area contributed by atoms with Gasteiger partial charge in [-0.05, 0) is 61.2 Å². The van der Waals surface area contributed by atoms with E-state index in [9.17, 15) is 22.4 Å². The van der Waals surface area contributed by atoms with Gasteiger partial charge < -0.3 is 9.64 Å². The van der Waals surface area contributed by atoms with Crippen molar-refractivity contribution in [3.8, 4) is 5.75 Å². The quantitative estimate of drug-likeness (QED) is 0.661. The molecule has 1 unspecified atom stereocenters. The maximum atomic E-state index is 12.9. The normalized spacial score (nSPS) is 17.1. The average Bonchev–Trinajstić information content (AvgIpc) is 3.08. The van der Waals surface area contributed by atoms with E-state index in [2.05, 4.69) is 15.2 Å². The zero-order chi connectivity index (χ0) is 22.2. The highest BCUT2D eigenvalue weighted by atomic mass is 32.2. The Bertz CT molecular complexity index is 1180. The number of sulfonamides is 1. The second-order valence-electron chi connectivity index (χ2n) is 6.75. The molecule has 9 nitrogen and oxygen atoms in total. The van der Waals surface area contributed by atoms with E-state index in [-0.39, 0.29) is 11.3 Å². The van der Waals surface area contributed by atoms with E-state index in [0.717, 1.165) is 5.69 Å². The number of rotatable bonds is 4. The molecule has 1 atom stereocenters. The molecule has 12 heteroatoms. The van der Waals surface area contributed by atoms with Crippen LogP contribution in [0.5, 0.6) is 5.75 Å². The first-order valence-electron chi connectivity index (χ1n) is 9.16. The zero-order valence-electron chi connectivity index (χ0n) is 16.2. The van der Waals surface area contributed by atoms with Crippen molar-refractivity contribution in [1.29, 1.82) is 0 Å². The van der Waals surface area contributed by atoms with Crippen molar-refractivity contribution in [2.75, 3.05) is 17.2 Å². The van der Waals surface area contributed by atoms with Gasteiger partial charge in [0, 0.05) is 17.0 Å². The molecule has 31 heavy (non-hydrogen) atoms. The SMILES string of the molecule is CC(Oc1ccc(F)cc1)C(=O)NNC(=O)c1ccc2c(c1)SC1=NS(=O)(=O)CCN12. The van der Waals surface area contributed by atoms with Gasteiger partial charge >= 0.3 is 0 Å². The van der Waals surface area contributed by atoms with E-state index in [4.69, 9.17) is 4.74 Å². The number of hydrogen-bond acceptors (Lipinski definition) is 7. The van der Waals surface area contributed by atoms with E-state index in [1.165, 1.54) is 43.0 Å². The molecular weight excluding hydrogens is 447 g/mol. The molecule has 2 aliphatic rings. The number of anilines is 1. The van der Waals surface area contributed by atoms with Crippen molar-refractivity contribution < 1.29 is 27.1 Å². The van der Waals surface area contributed by atoms with Gasteiger partial charge in [-0.25, -0.2) is 12.8 Å². The predicted octanol–water partition coefficient (Wildman–Crippen LogP) is 1.67. The van der Waals surface area contributed by atoms with Gasteiger partial charge in [0.15, 0.2) is 11.3 Å². The van der Waals surface area contributed by atoms with E-state index in [0.29, 0.717) is 22.4 Å². The summed E-state index contributed by atoms with van der Waals surface area (Å²) in [6.45, 7) is 1.79. The van der Waals surface area contributed by atoms with Crippen LogP contribution in [0.1, 0.15) is 17.3 Å². The van der Waals surface area contributed by atoms with Crippen LogP contribution in [0.3, 0.4) is 0 Å². The van der Waals surface area contributed by atoms with Crippen LogP contribution < -0.4 is 20.5 Å². The van der Waals surface area contributed by atoms with Crippen LogP contribution in [0.2, 0.25) is 0 Å². The summed E-state index contributed by atoms with van der Waals surface area (Å²) < 4.78 is 45.5. The molecule has 0 spiro atoms. The second-order valence-corrected chi connectivity index (χ2v) is 9.52. The Morgan fingerprint density at radius 2 is 1.94 bits per heavy atom. The van der Waals surface area contributed by atoms with Gasteiger partial charge in [-0.15, -0.1) is 4.40 Å². The smallest absolute Gasteiger partial charge is 0.279 e. The first-order chi connectivity index (χ1) is 14.7. The van der Waals surface area contributed by atoms with Crippen LogP contribution in [0.15, 0.2) is 51.8 Å². The predicted molar refractivity (Wildman–Crippen MR) is 113 cm³/mol. The third kappa shape index (κ3) is 4.64. The molecule has 2 N–H and O–H groups in total. The van der Waals surface area contributed by atoms with Crippen LogP contribution >= 0.6 is 11.8 Å². The highest BCUT2D eigenvalue weighted by Crippen LogP contribution is 2.42. The van der Waals surface area contributed by atoms with E-state index in [1.807, 2.05) is 0 Å². The molecule has 0 fully saturated rings. The maximum absolute atomic E-state index is 12.9. The first-order valence-corrected chi connectivity index (χ1v) is 11.6. The third-order valence-corrected chi connectivity index (χ3v) is 6.84. The van der Waals surface area contributed by atoms with E-state index >= 15 is 0 Å². The Kier molecular flexibility index (Phi) is 5.58. The van der Waals surface area contributed by atoms with Crippen LogP contribution in [0.4, 0.5) is 10.1 Å². The number of fused-ring (bicyclic) bond motifs is 3. The summed E-state index contributed by atoms with van der Waals surface area (Å²) in [6.07, 6.45) is -0.933. The molecule has 0 aliphatic carbocycles. The van der Waals surface area contributed by atoms with E-state index < -0.39 is 33.8 Å². The monoisotopic (exact) mass is 464 g/mol. The minimum Gasteiger partial charge on any atom is -0.481 e. The minimum atomic E-state index is -3.46. The summed E-state index contributed by atoms with van der Waals surface area (Å²) in [5.74, 6) is -1.32. The molecule has 0 saturated carbocycles. The Balaban J connectivity index is 1.37. The van der Waals surface area contributed by atoms with Gasteiger partial charge in [0.05, 0.1) is 11.4 Å². The highest BCUT2D eigenvalue weighted by molar-refractivity contribution is 8.15. The molecule has 162 valence electrons. The largest absolute Gasteiger partial charge is 0.481 e. The number of amides is 2. The lowest BCUT2D eigenvalue weighted by Gasteiger charge is -2.22. The van der Waals surface area contributed by atoms with Gasteiger partial charge in [0.25, 0.3) is 21.8 Å². The van der Waals surface area contributed by atoms with Gasteiger partial charge in [-0.2, -0.15) is 0 Å². The molecule has 0 saturated heterocycles. The summed E-state index contributed by atoms with van der Waals surface area (Å²) in [6, 6.07) is 10.1. The summed E-state index contributed by atoms with van der Waals surface area (Å²) >= 11 is 1.17. The number of thioether (sulfide) groups is 1. The molecule has 0 bridgehead atoms. The van der Waals surface area contributed by atoms with Crippen molar-refractivity contribution in [2.45, 2.75) is 17.9 Å². The van der Waals surface area contributed by atoms with E-state index in [1.54, 1.807) is 23.1 Å². The Morgan fingerprint density at radius 1 is 1.19 bits per heavy atom. The number of hydrogen-bond donors (Lipinski definition) is 2. The van der Waals surface area contributed by atoms with Crippen molar-refractivity contribution in [3.63, 3.8) is 0 Å². The number of halogens is 1. The Morgan fingerprint density at radius 3 is 2.68 bits per heavy atom. The van der Waals surface area contributed by atoms with Gasteiger partial charge in [-0.3, -0.25) is 20.4 Å². The van der Waals surface area contributed by atoms with Crippen LogP contribution in [-0.2, 0) is 14.8 Å². The number of nitrogens with zero attached hydrogens (tertiary/aromatic N) is 2. The lowest BCUT2D eigenvalue weighted by Crippen LogP contribution is -2.47. The maximum Gasteiger partial charge on any atom is 0.279 e. The van der Waals surface area contributed by atoms with Crippen LogP contribution in [0, 0.1) is 5.82 Å². The lowest BCUT2D eigenvalue weighted by atomic mass is 10.2. The number of ether oxygens (including phenoxy) is 1. The molecule has 4 rings (SSSR count). The molecule has 2 heterocycles. The average molecular weight is 465 g/mol. The van der Waals surface area contributed by atoms with Gasteiger partial charge in [-0.1, -0.05) is 0 Å². The van der Waals surface area contributed by atoms with Crippen molar-refractivity contribution in [2.24, 2.45) is 4.40 Å². The zero-order valence-corrected chi connectivity index (χ0v) is 17.8. The number of nitrogens with one attached hydrogen (secondary N) is 2. The minimum absolute atomic E-state index is 0.0665. The molecule has 2 aliphatic heterocycles. The standard InChI is InChI=1S/C19H17FN4O5S2/c1-11(29-14-5-3-13(20)4-6-14)17(25)21-22-18(26)12-2-7-15-16(10-12)30-19-23-31(27,28)9-8-24(15)19/h2-7,10-11H,8-9H2,1H3,(H,21,25)(H,22,26). The number of hydrazine groups is 1. The van der Waals surface area contributed by atoms with Crippen molar-refractivity contribution >= 4 is 44.5 Å².